The predicted molar refractivity (Wildman–Crippen MR) is 63.4 cm³/mol. The smallest absolute Gasteiger partial charge is 0.252 e. The van der Waals surface area contributed by atoms with E-state index in [1.54, 1.807) is 6.07 Å². The Morgan fingerprint density at radius 3 is 2.93 bits per heavy atom. The third-order valence-corrected chi connectivity index (χ3v) is 2.77. The van der Waals surface area contributed by atoms with Gasteiger partial charge in [0.1, 0.15) is 6.61 Å². The maximum Gasteiger partial charge on any atom is 0.252 e. The molecule has 4 nitrogen and oxygen atoms in total. The summed E-state index contributed by atoms with van der Waals surface area (Å²) in [5.74, 6) is 0.572. The maximum atomic E-state index is 8.79. The second kappa shape index (κ2) is 4.46. The van der Waals surface area contributed by atoms with E-state index < -0.39 is 0 Å². The first-order valence-corrected chi connectivity index (χ1v) is 5.55. The number of benzene rings is 1. The molecule has 0 aliphatic heterocycles. The van der Waals surface area contributed by atoms with Gasteiger partial charge in [-0.25, -0.2) is 0 Å². The zero-order valence-corrected chi connectivity index (χ0v) is 10.4. The standard InChI is InChI=1S/C9H6ClIN2O2/c10-7-2-1-5(11)3-6(7)9-12-8(4-14)15-13-9/h1-3,14H,4H2. The first kappa shape index (κ1) is 10.8. The number of hydrogen-bond donors (Lipinski definition) is 1. The van der Waals surface area contributed by atoms with E-state index in [1.165, 1.54) is 0 Å². The molecule has 0 spiro atoms. The molecular weight excluding hydrogens is 330 g/mol. The number of rotatable bonds is 2. The molecule has 1 heterocycles. The Kier molecular flexibility index (Phi) is 3.22. The third-order valence-electron chi connectivity index (χ3n) is 1.77. The lowest BCUT2D eigenvalue weighted by Crippen LogP contribution is -1.85. The van der Waals surface area contributed by atoms with Crippen molar-refractivity contribution in [3.63, 3.8) is 0 Å². The fourth-order valence-electron chi connectivity index (χ4n) is 1.10. The van der Waals surface area contributed by atoms with Gasteiger partial charge >= 0.3 is 0 Å². The molecule has 1 aromatic heterocycles. The predicted octanol–water partition coefficient (Wildman–Crippen LogP) is 2.49. The Bertz CT molecular complexity index is 487. The fraction of sp³-hybridized carbons (Fsp3) is 0.111. The van der Waals surface area contributed by atoms with Crippen molar-refractivity contribution in [1.29, 1.82) is 0 Å². The van der Waals surface area contributed by atoms with Crippen molar-refractivity contribution < 1.29 is 9.63 Å². The second-order valence-electron chi connectivity index (χ2n) is 2.79. The molecule has 6 heteroatoms. The number of aliphatic hydroxyl groups excluding tert-OH is 1. The summed E-state index contributed by atoms with van der Waals surface area (Å²) in [5, 5.41) is 13.1. The molecule has 15 heavy (non-hydrogen) atoms. The Hall–Kier alpha value is -0.660. The molecule has 0 saturated heterocycles. The summed E-state index contributed by atoms with van der Waals surface area (Å²) in [6.07, 6.45) is 0. The first-order chi connectivity index (χ1) is 7.20. The number of halogens is 2. The zero-order valence-electron chi connectivity index (χ0n) is 7.44. The van der Waals surface area contributed by atoms with Crippen LogP contribution < -0.4 is 0 Å². The van der Waals surface area contributed by atoms with Crippen LogP contribution in [0.2, 0.25) is 5.02 Å². The Morgan fingerprint density at radius 2 is 2.27 bits per heavy atom. The lowest BCUT2D eigenvalue weighted by molar-refractivity contribution is 0.222. The van der Waals surface area contributed by atoms with Gasteiger partial charge in [-0.15, -0.1) is 0 Å². The molecule has 2 rings (SSSR count). The van der Waals surface area contributed by atoms with Crippen molar-refractivity contribution in [3.8, 4) is 11.4 Å². The maximum absolute atomic E-state index is 8.79. The Balaban J connectivity index is 2.48. The van der Waals surface area contributed by atoms with Crippen molar-refractivity contribution in [1.82, 2.24) is 10.1 Å². The van der Waals surface area contributed by atoms with Gasteiger partial charge in [0, 0.05) is 9.13 Å². The molecule has 1 aromatic carbocycles. The highest BCUT2D eigenvalue weighted by Crippen LogP contribution is 2.27. The van der Waals surface area contributed by atoms with E-state index >= 15 is 0 Å². The van der Waals surface area contributed by atoms with Gasteiger partial charge in [-0.2, -0.15) is 4.98 Å². The monoisotopic (exact) mass is 336 g/mol. The third kappa shape index (κ3) is 2.30. The van der Waals surface area contributed by atoms with Crippen LogP contribution in [-0.2, 0) is 6.61 Å². The Morgan fingerprint density at radius 1 is 1.47 bits per heavy atom. The van der Waals surface area contributed by atoms with E-state index in [9.17, 15) is 0 Å². The largest absolute Gasteiger partial charge is 0.387 e. The van der Waals surface area contributed by atoms with E-state index in [-0.39, 0.29) is 12.5 Å². The summed E-state index contributed by atoms with van der Waals surface area (Å²) in [5.41, 5.74) is 0.701. The highest BCUT2D eigenvalue weighted by atomic mass is 127. The van der Waals surface area contributed by atoms with Crippen LogP contribution in [0.25, 0.3) is 11.4 Å². The summed E-state index contributed by atoms with van der Waals surface area (Å²) in [7, 11) is 0. The quantitative estimate of drug-likeness (QED) is 0.856. The van der Waals surface area contributed by atoms with Gasteiger partial charge in [-0.3, -0.25) is 0 Å². The first-order valence-electron chi connectivity index (χ1n) is 4.09. The lowest BCUT2D eigenvalue weighted by atomic mass is 10.2. The zero-order chi connectivity index (χ0) is 10.8. The van der Waals surface area contributed by atoms with E-state index in [0.29, 0.717) is 16.4 Å². The summed E-state index contributed by atoms with van der Waals surface area (Å²) < 4.78 is 5.82. The van der Waals surface area contributed by atoms with Crippen molar-refractivity contribution in [2.75, 3.05) is 0 Å². The minimum atomic E-state index is -0.269. The molecule has 0 fully saturated rings. The SMILES string of the molecule is OCc1nc(-c2cc(I)ccc2Cl)no1. The highest BCUT2D eigenvalue weighted by Gasteiger charge is 2.11. The van der Waals surface area contributed by atoms with Crippen molar-refractivity contribution in [2.45, 2.75) is 6.61 Å². The number of aromatic nitrogens is 2. The minimum Gasteiger partial charge on any atom is -0.387 e. The van der Waals surface area contributed by atoms with Crippen LogP contribution in [0.3, 0.4) is 0 Å². The molecule has 0 amide bonds. The molecule has 0 atom stereocenters. The molecule has 1 N–H and O–H groups in total. The van der Waals surface area contributed by atoms with Gasteiger partial charge in [-0.1, -0.05) is 16.8 Å². The molecule has 2 aromatic rings. The van der Waals surface area contributed by atoms with Gasteiger partial charge in [0.25, 0.3) is 5.89 Å². The van der Waals surface area contributed by atoms with Crippen molar-refractivity contribution in [2.24, 2.45) is 0 Å². The molecule has 0 unspecified atom stereocenters. The number of aliphatic hydroxyl groups is 1. The second-order valence-corrected chi connectivity index (χ2v) is 4.45. The highest BCUT2D eigenvalue weighted by molar-refractivity contribution is 14.1. The topological polar surface area (TPSA) is 59.2 Å². The molecule has 0 aliphatic carbocycles. The van der Waals surface area contributed by atoms with Crippen LogP contribution in [0.1, 0.15) is 5.89 Å². The number of hydrogen-bond acceptors (Lipinski definition) is 4. The normalized spacial score (nSPS) is 10.6. The van der Waals surface area contributed by atoms with Gasteiger partial charge in [0.15, 0.2) is 0 Å². The van der Waals surface area contributed by atoms with Crippen LogP contribution in [0, 0.1) is 3.57 Å². The van der Waals surface area contributed by atoms with E-state index in [2.05, 4.69) is 32.7 Å². The molecule has 0 saturated carbocycles. The van der Waals surface area contributed by atoms with Gasteiger partial charge in [0.05, 0.1) is 5.02 Å². The van der Waals surface area contributed by atoms with E-state index in [1.807, 2.05) is 12.1 Å². The summed E-state index contributed by atoms with van der Waals surface area (Å²) in [6.45, 7) is -0.269. The number of nitrogens with zero attached hydrogens (tertiary/aromatic N) is 2. The minimum absolute atomic E-state index is 0.180. The van der Waals surface area contributed by atoms with Crippen molar-refractivity contribution in [3.05, 3.63) is 32.7 Å². The van der Waals surface area contributed by atoms with Gasteiger partial charge in [0.2, 0.25) is 5.82 Å². The van der Waals surface area contributed by atoms with Crippen LogP contribution in [0.5, 0.6) is 0 Å². The molecular formula is C9H6ClIN2O2. The van der Waals surface area contributed by atoms with Gasteiger partial charge in [-0.05, 0) is 40.8 Å². The fourth-order valence-corrected chi connectivity index (χ4v) is 1.79. The van der Waals surface area contributed by atoms with Crippen LogP contribution >= 0.6 is 34.2 Å². The van der Waals surface area contributed by atoms with E-state index in [4.69, 9.17) is 21.2 Å². The van der Waals surface area contributed by atoms with Crippen molar-refractivity contribution >= 4 is 34.2 Å². The van der Waals surface area contributed by atoms with Crippen LogP contribution in [0.4, 0.5) is 0 Å². The average Bonchev–Trinajstić information content (AvgIpc) is 2.70. The van der Waals surface area contributed by atoms with Crippen LogP contribution in [-0.4, -0.2) is 15.2 Å². The molecule has 0 bridgehead atoms. The molecule has 0 radical (unpaired) electrons. The molecule has 78 valence electrons. The van der Waals surface area contributed by atoms with Crippen LogP contribution in [0.15, 0.2) is 22.7 Å². The van der Waals surface area contributed by atoms with E-state index in [0.717, 1.165) is 3.57 Å². The average molecular weight is 337 g/mol. The summed E-state index contributed by atoms with van der Waals surface area (Å²) in [6, 6.07) is 5.52. The molecule has 0 aliphatic rings. The Labute approximate surface area is 104 Å². The lowest BCUT2D eigenvalue weighted by Gasteiger charge is -1.98. The summed E-state index contributed by atoms with van der Waals surface area (Å²) in [4.78, 5) is 3.99. The van der Waals surface area contributed by atoms with Gasteiger partial charge < -0.3 is 9.63 Å². The summed E-state index contributed by atoms with van der Waals surface area (Å²) >= 11 is 8.17.